The van der Waals surface area contributed by atoms with Gasteiger partial charge in [0.1, 0.15) is 5.82 Å². The van der Waals surface area contributed by atoms with E-state index in [1.54, 1.807) is 0 Å². The van der Waals surface area contributed by atoms with Crippen LogP contribution in [0.4, 0.5) is 19.0 Å². The second-order valence-electron chi connectivity index (χ2n) is 3.66. The zero-order valence-corrected chi connectivity index (χ0v) is 9.78. The number of nitrogens with one attached hydrogen (secondary N) is 1. The molecular formula is C10H12F3N3O2. The molecule has 18 heavy (non-hydrogen) atoms. The van der Waals surface area contributed by atoms with Crippen molar-refractivity contribution in [2.24, 2.45) is 0 Å². The fourth-order valence-corrected chi connectivity index (χ4v) is 1.27. The van der Waals surface area contributed by atoms with Crippen molar-refractivity contribution < 1.29 is 22.7 Å². The summed E-state index contributed by atoms with van der Waals surface area (Å²) in [6.07, 6.45) is -5.22. The number of rotatable bonds is 4. The molecule has 0 saturated heterocycles. The summed E-state index contributed by atoms with van der Waals surface area (Å²) in [5, 5.41) is 9.66. The predicted octanol–water partition coefficient (Wildman–Crippen LogP) is 2.02. The molecule has 0 spiro atoms. The molecule has 0 amide bonds. The molecule has 0 aliphatic rings. The highest BCUT2D eigenvalue weighted by Gasteiger charge is 2.30. The number of hydrogen-bond donors (Lipinski definition) is 1. The van der Waals surface area contributed by atoms with E-state index in [0.717, 1.165) is 0 Å². The van der Waals surface area contributed by atoms with Gasteiger partial charge in [0.2, 0.25) is 0 Å². The van der Waals surface area contributed by atoms with Crippen LogP contribution in [0.1, 0.15) is 23.8 Å². The van der Waals surface area contributed by atoms with Gasteiger partial charge < -0.3 is 10.1 Å². The lowest BCUT2D eigenvalue weighted by atomic mass is 10.2. The smallest absolute Gasteiger partial charge is 0.391 e. The highest BCUT2D eigenvalue weighted by atomic mass is 19.4. The number of nitrogens with zero attached hydrogens (tertiary/aromatic N) is 2. The summed E-state index contributed by atoms with van der Waals surface area (Å²) < 4.78 is 40.7. The van der Waals surface area contributed by atoms with Crippen LogP contribution in [0.15, 0.2) is 12.1 Å². The number of halogens is 3. The van der Waals surface area contributed by atoms with Crippen molar-refractivity contribution in [3.63, 3.8) is 0 Å². The summed E-state index contributed by atoms with van der Waals surface area (Å²) in [5.41, 5.74) is -0.00785. The minimum Gasteiger partial charge on any atom is -0.464 e. The second kappa shape index (κ2) is 5.65. The van der Waals surface area contributed by atoms with Crippen molar-refractivity contribution >= 4 is 11.8 Å². The van der Waals surface area contributed by atoms with E-state index in [0.29, 0.717) is 0 Å². The van der Waals surface area contributed by atoms with Crippen LogP contribution >= 0.6 is 0 Å². The maximum absolute atomic E-state index is 12.1. The van der Waals surface area contributed by atoms with Crippen LogP contribution in [-0.2, 0) is 4.74 Å². The van der Waals surface area contributed by atoms with Crippen molar-refractivity contribution in [1.82, 2.24) is 10.2 Å². The van der Waals surface area contributed by atoms with Gasteiger partial charge in [-0.1, -0.05) is 0 Å². The maximum Gasteiger partial charge on any atom is 0.391 e. The summed E-state index contributed by atoms with van der Waals surface area (Å²) in [5.74, 6) is -0.489. The Hall–Kier alpha value is -1.86. The van der Waals surface area contributed by atoms with Gasteiger partial charge in [0.15, 0.2) is 5.69 Å². The van der Waals surface area contributed by atoms with Crippen molar-refractivity contribution in [1.29, 1.82) is 0 Å². The van der Waals surface area contributed by atoms with Gasteiger partial charge in [-0.05, 0) is 19.1 Å². The van der Waals surface area contributed by atoms with Gasteiger partial charge in [0.25, 0.3) is 0 Å². The first-order valence-corrected chi connectivity index (χ1v) is 5.07. The molecule has 1 N–H and O–H groups in total. The molecule has 1 atom stereocenters. The molecule has 1 aromatic heterocycles. The van der Waals surface area contributed by atoms with Gasteiger partial charge in [-0.25, -0.2) is 4.79 Å². The van der Waals surface area contributed by atoms with Crippen LogP contribution in [0.5, 0.6) is 0 Å². The average Bonchev–Trinajstić information content (AvgIpc) is 2.26. The van der Waals surface area contributed by atoms with E-state index < -0.39 is 24.6 Å². The van der Waals surface area contributed by atoms with E-state index >= 15 is 0 Å². The zero-order chi connectivity index (χ0) is 13.8. The van der Waals surface area contributed by atoms with E-state index in [2.05, 4.69) is 20.3 Å². The van der Waals surface area contributed by atoms with Crippen LogP contribution in [-0.4, -0.2) is 35.5 Å². The molecule has 0 aliphatic carbocycles. The number of carbonyl (C=O) groups excluding carboxylic acids is 1. The Morgan fingerprint density at radius 3 is 2.56 bits per heavy atom. The summed E-state index contributed by atoms with van der Waals surface area (Å²) in [7, 11) is 1.20. The van der Waals surface area contributed by atoms with Crippen LogP contribution < -0.4 is 5.32 Å². The Labute approximate surface area is 101 Å². The number of alkyl halides is 3. The molecule has 0 radical (unpaired) electrons. The predicted molar refractivity (Wildman–Crippen MR) is 57.1 cm³/mol. The minimum absolute atomic E-state index is 0.00785. The number of methoxy groups -OCH3 is 1. The SMILES string of the molecule is COC(=O)c1ccc(NC(C)CC(F)(F)F)nn1. The fourth-order valence-electron chi connectivity index (χ4n) is 1.27. The number of ether oxygens (including phenoxy) is 1. The Bertz CT molecular complexity index is 406. The largest absolute Gasteiger partial charge is 0.464 e. The molecule has 8 heteroatoms. The molecule has 0 saturated carbocycles. The van der Waals surface area contributed by atoms with Gasteiger partial charge in [-0.3, -0.25) is 0 Å². The van der Waals surface area contributed by atoms with E-state index in [4.69, 9.17) is 0 Å². The van der Waals surface area contributed by atoms with Crippen LogP contribution in [0, 0.1) is 0 Å². The van der Waals surface area contributed by atoms with Crippen LogP contribution in [0.3, 0.4) is 0 Å². The molecule has 0 aromatic carbocycles. The molecule has 100 valence electrons. The number of anilines is 1. The fraction of sp³-hybridized carbons (Fsp3) is 0.500. The van der Waals surface area contributed by atoms with Crippen molar-refractivity contribution in [3.05, 3.63) is 17.8 Å². The van der Waals surface area contributed by atoms with E-state index in [9.17, 15) is 18.0 Å². The van der Waals surface area contributed by atoms with Crippen molar-refractivity contribution in [2.75, 3.05) is 12.4 Å². The average molecular weight is 263 g/mol. The van der Waals surface area contributed by atoms with E-state index in [1.165, 1.54) is 26.2 Å². The maximum atomic E-state index is 12.1. The Morgan fingerprint density at radius 1 is 1.44 bits per heavy atom. The molecule has 5 nitrogen and oxygen atoms in total. The van der Waals surface area contributed by atoms with Crippen molar-refractivity contribution in [3.8, 4) is 0 Å². The molecule has 0 bridgehead atoms. The molecule has 0 aliphatic heterocycles. The van der Waals surface area contributed by atoms with Crippen molar-refractivity contribution in [2.45, 2.75) is 25.6 Å². The van der Waals surface area contributed by atoms with Gasteiger partial charge >= 0.3 is 12.1 Å². The van der Waals surface area contributed by atoms with Gasteiger partial charge in [0, 0.05) is 6.04 Å². The highest BCUT2D eigenvalue weighted by molar-refractivity contribution is 5.86. The summed E-state index contributed by atoms with van der Waals surface area (Å²) in [6, 6.07) is 1.86. The monoisotopic (exact) mass is 263 g/mol. The number of aromatic nitrogens is 2. The third kappa shape index (κ3) is 4.56. The second-order valence-corrected chi connectivity index (χ2v) is 3.66. The zero-order valence-electron chi connectivity index (χ0n) is 9.78. The number of esters is 1. The molecule has 1 heterocycles. The third-order valence-electron chi connectivity index (χ3n) is 1.99. The summed E-state index contributed by atoms with van der Waals surface area (Å²) in [6.45, 7) is 1.38. The van der Waals surface area contributed by atoms with Gasteiger partial charge in [-0.15, -0.1) is 10.2 Å². The van der Waals surface area contributed by atoms with Crippen LogP contribution in [0.2, 0.25) is 0 Å². The Kier molecular flexibility index (Phi) is 4.46. The lowest BCUT2D eigenvalue weighted by Crippen LogP contribution is -2.24. The number of carbonyl (C=O) groups is 1. The summed E-state index contributed by atoms with van der Waals surface area (Å²) >= 11 is 0. The first-order chi connectivity index (χ1) is 8.31. The molecular weight excluding hydrogens is 251 g/mol. The van der Waals surface area contributed by atoms with E-state index in [-0.39, 0.29) is 11.5 Å². The molecule has 0 fully saturated rings. The quantitative estimate of drug-likeness (QED) is 0.842. The van der Waals surface area contributed by atoms with E-state index in [1.807, 2.05) is 0 Å². The standard InChI is InChI=1S/C10H12F3N3O2/c1-6(5-10(11,12)13)14-8-4-3-7(15-16-8)9(17)18-2/h3-4,6H,5H2,1-2H3,(H,14,16). The first kappa shape index (κ1) is 14.2. The molecule has 1 rings (SSSR count). The minimum atomic E-state index is -4.24. The number of hydrogen-bond acceptors (Lipinski definition) is 5. The topological polar surface area (TPSA) is 64.1 Å². The Morgan fingerprint density at radius 2 is 2.11 bits per heavy atom. The third-order valence-corrected chi connectivity index (χ3v) is 1.99. The summed E-state index contributed by atoms with van der Waals surface area (Å²) in [4.78, 5) is 11.0. The van der Waals surface area contributed by atoms with Gasteiger partial charge in [-0.2, -0.15) is 13.2 Å². The highest BCUT2D eigenvalue weighted by Crippen LogP contribution is 2.22. The first-order valence-electron chi connectivity index (χ1n) is 5.07. The lowest BCUT2D eigenvalue weighted by Gasteiger charge is -2.15. The normalized spacial score (nSPS) is 12.9. The molecule has 1 unspecified atom stereocenters. The van der Waals surface area contributed by atoms with Crippen LogP contribution in [0.25, 0.3) is 0 Å². The molecule has 1 aromatic rings. The lowest BCUT2D eigenvalue weighted by molar-refractivity contribution is -0.136. The van der Waals surface area contributed by atoms with Gasteiger partial charge in [0.05, 0.1) is 13.5 Å². The Balaban J connectivity index is 2.61.